The maximum absolute atomic E-state index is 12.3. The average molecular weight is 294 g/mol. The Kier molecular flexibility index (Phi) is 3.76. The molecule has 0 spiro atoms. The highest BCUT2D eigenvalue weighted by Gasteiger charge is 2.42. The van der Waals surface area contributed by atoms with Gasteiger partial charge in [0.25, 0.3) is 0 Å². The number of rotatable bonds is 2. The van der Waals surface area contributed by atoms with Gasteiger partial charge in [0.15, 0.2) is 0 Å². The zero-order valence-corrected chi connectivity index (χ0v) is 12.4. The lowest BCUT2D eigenvalue weighted by Gasteiger charge is -2.26. The molecule has 1 unspecified atom stereocenters. The molecule has 0 aliphatic carbocycles. The molecule has 7 heteroatoms. The number of carboxylic acids is 1. The molecule has 114 valence electrons. The van der Waals surface area contributed by atoms with Gasteiger partial charge in [-0.3, -0.25) is 0 Å². The van der Waals surface area contributed by atoms with E-state index >= 15 is 0 Å². The van der Waals surface area contributed by atoms with Gasteiger partial charge in [0.05, 0.1) is 7.11 Å². The van der Waals surface area contributed by atoms with E-state index in [4.69, 9.17) is 9.47 Å². The highest BCUT2D eigenvalue weighted by Crippen LogP contribution is 2.33. The lowest BCUT2D eigenvalue weighted by Crippen LogP contribution is -2.45. The topological polar surface area (TPSA) is 89.0 Å². The fourth-order valence-corrected chi connectivity index (χ4v) is 2.11. The molecule has 2 rings (SSSR count). The molecule has 0 radical (unpaired) electrons. The van der Waals surface area contributed by atoms with E-state index in [1.165, 1.54) is 7.11 Å². The van der Waals surface area contributed by atoms with Crippen molar-refractivity contribution in [3.63, 3.8) is 0 Å². The zero-order valence-electron chi connectivity index (χ0n) is 12.4. The molecule has 1 aromatic rings. The average Bonchev–Trinajstić information content (AvgIpc) is 2.74. The third-order valence-electron chi connectivity index (χ3n) is 2.97. The molecule has 7 nitrogen and oxygen atoms in total. The molecular weight excluding hydrogens is 276 g/mol. The normalized spacial score (nSPS) is 17.3. The number of amides is 1. The number of aromatic nitrogens is 1. The summed E-state index contributed by atoms with van der Waals surface area (Å²) in [5, 5.41) is 9.32. The van der Waals surface area contributed by atoms with Crippen molar-refractivity contribution in [2.24, 2.45) is 0 Å². The van der Waals surface area contributed by atoms with Gasteiger partial charge in [0.2, 0.25) is 5.88 Å². The monoisotopic (exact) mass is 294 g/mol. The van der Waals surface area contributed by atoms with E-state index in [1.54, 1.807) is 32.9 Å². The molecule has 1 aliphatic heterocycles. The first kappa shape index (κ1) is 15.1. The minimum atomic E-state index is -1.10. The number of ether oxygens (including phenoxy) is 2. The van der Waals surface area contributed by atoms with Crippen molar-refractivity contribution in [3.8, 4) is 5.88 Å². The number of methoxy groups -OCH3 is 1. The number of hydrogen-bond acceptors (Lipinski definition) is 5. The third kappa shape index (κ3) is 3.07. The summed E-state index contributed by atoms with van der Waals surface area (Å²) in [6.07, 6.45) is -0.532. The first-order valence-corrected chi connectivity index (χ1v) is 6.52. The molecule has 0 fully saturated rings. The fraction of sp³-hybridized carbons (Fsp3) is 0.500. The molecule has 1 atom stereocenters. The number of hydrogen-bond donors (Lipinski definition) is 1. The number of carbonyl (C=O) groups excluding carboxylic acids is 1. The number of carbonyl (C=O) groups is 2. The van der Waals surface area contributed by atoms with Crippen LogP contribution in [0.25, 0.3) is 0 Å². The highest BCUT2D eigenvalue weighted by atomic mass is 16.6. The molecule has 2 heterocycles. The summed E-state index contributed by atoms with van der Waals surface area (Å²) in [5.41, 5.74) is -0.0454. The van der Waals surface area contributed by atoms with Gasteiger partial charge in [-0.15, -0.1) is 0 Å². The van der Waals surface area contributed by atoms with Crippen molar-refractivity contribution < 1.29 is 24.2 Å². The van der Waals surface area contributed by atoms with E-state index in [9.17, 15) is 14.7 Å². The summed E-state index contributed by atoms with van der Waals surface area (Å²) < 4.78 is 10.3. The lowest BCUT2D eigenvalue weighted by molar-refractivity contribution is -0.138. The van der Waals surface area contributed by atoms with Crippen LogP contribution < -0.4 is 9.64 Å². The zero-order chi connectivity index (χ0) is 15.8. The Bertz CT molecular complexity index is 579. The molecule has 0 saturated heterocycles. The molecule has 1 amide bonds. The predicted octanol–water partition coefficient (Wildman–Crippen LogP) is 1.84. The Morgan fingerprint density at radius 1 is 1.38 bits per heavy atom. The summed E-state index contributed by atoms with van der Waals surface area (Å²) in [7, 11) is 1.45. The molecule has 0 saturated carbocycles. The van der Waals surface area contributed by atoms with Gasteiger partial charge in [0, 0.05) is 12.5 Å². The number of pyridine rings is 1. The van der Waals surface area contributed by atoms with E-state index in [2.05, 4.69) is 4.98 Å². The van der Waals surface area contributed by atoms with Crippen molar-refractivity contribution in [1.29, 1.82) is 0 Å². The molecular formula is C14H18N2O5. The highest BCUT2D eigenvalue weighted by molar-refractivity contribution is 5.97. The maximum atomic E-state index is 12.3. The minimum absolute atomic E-state index is 0.195. The summed E-state index contributed by atoms with van der Waals surface area (Å²) in [6, 6.07) is 2.33. The van der Waals surface area contributed by atoms with Crippen molar-refractivity contribution in [3.05, 3.63) is 17.7 Å². The fourth-order valence-electron chi connectivity index (χ4n) is 2.11. The molecule has 0 aromatic carbocycles. The van der Waals surface area contributed by atoms with E-state index < -0.39 is 23.7 Å². The minimum Gasteiger partial charge on any atom is -0.481 e. The number of nitrogens with zero attached hydrogens (tertiary/aromatic N) is 2. The molecule has 1 aliphatic rings. The molecule has 1 aromatic heterocycles. The molecule has 0 bridgehead atoms. The van der Waals surface area contributed by atoms with E-state index in [1.807, 2.05) is 0 Å². The van der Waals surface area contributed by atoms with Gasteiger partial charge >= 0.3 is 12.1 Å². The van der Waals surface area contributed by atoms with Gasteiger partial charge in [-0.25, -0.2) is 14.5 Å². The van der Waals surface area contributed by atoms with Crippen LogP contribution in [0.5, 0.6) is 5.88 Å². The van der Waals surface area contributed by atoms with Crippen molar-refractivity contribution in [1.82, 2.24) is 4.98 Å². The van der Waals surface area contributed by atoms with Crippen LogP contribution >= 0.6 is 0 Å². The smallest absolute Gasteiger partial charge is 0.416 e. The van der Waals surface area contributed by atoms with Crippen LogP contribution in [-0.4, -0.2) is 40.9 Å². The Morgan fingerprint density at radius 3 is 2.57 bits per heavy atom. The number of fused-ring (bicyclic) bond motifs is 1. The number of carboxylic acid groups (broad SMARTS) is 1. The number of anilines is 1. The SMILES string of the molecule is COc1ccc2c(n1)N(C(=O)OC(C)(C)C)C(C(=O)O)C2. The summed E-state index contributed by atoms with van der Waals surface area (Å²) >= 11 is 0. The summed E-state index contributed by atoms with van der Waals surface area (Å²) in [6.45, 7) is 5.16. The largest absolute Gasteiger partial charge is 0.481 e. The van der Waals surface area contributed by atoms with Crippen molar-refractivity contribution in [2.45, 2.75) is 38.8 Å². The third-order valence-corrected chi connectivity index (χ3v) is 2.97. The maximum Gasteiger partial charge on any atom is 0.416 e. The second kappa shape index (κ2) is 5.23. The van der Waals surface area contributed by atoms with Crippen LogP contribution in [0.15, 0.2) is 12.1 Å². The molecule has 21 heavy (non-hydrogen) atoms. The lowest BCUT2D eigenvalue weighted by atomic mass is 10.1. The van der Waals surface area contributed by atoms with Crippen LogP contribution in [0.1, 0.15) is 26.3 Å². The predicted molar refractivity (Wildman–Crippen MR) is 74.6 cm³/mol. The van der Waals surface area contributed by atoms with Crippen LogP contribution in [0.3, 0.4) is 0 Å². The second-order valence-corrected chi connectivity index (χ2v) is 5.74. The van der Waals surface area contributed by atoms with E-state index in [-0.39, 0.29) is 12.2 Å². The molecule has 1 N–H and O–H groups in total. The van der Waals surface area contributed by atoms with Gasteiger partial charge in [-0.1, -0.05) is 0 Å². The first-order chi connectivity index (χ1) is 9.73. The Morgan fingerprint density at radius 2 is 2.05 bits per heavy atom. The second-order valence-electron chi connectivity index (χ2n) is 5.74. The van der Waals surface area contributed by atoms with Crippen LogP contribution in [-0.2, 0) is 16.0 Å². The van der Waals surface area contributed by atoms with E-state index in [0.29, 0.717) is 11.4 Å². The van der Waals surface area contributed by atoms with E-state index in [0.717, 1.165) is 4.90 Å². The summed E-state index contributed by atoms with van der Waals surface area (Å²) in [5.74, 6) is -0.512. The number of aliphatic carboxylic acids is 1. The van der Waals surface area contributed by atoms with Crippen LogP contribution in [0.2, 0.25) is 0 Å². The quantitative estimate of drug-likeness (QED) is 0.895. The first-order valence-electron chi connectivity index (χ1n) is 6.52. The van der Waals surface area contributed by atoms with Crippen molar-refractivity contribution in [2.75, 3.05) is 12.0 Å². The standard InChI is InChI=1S/C14H18N2O5/c1-14(2,3)21-13(19)16-9(12(17)18)7-8-5-6-10(20-4)15-11(8)16/h5-6,9H,7H2,1-4H3,(H,17,18). The Balaban J connectivity index is 2.40. The summed E-state index contributed by atoms with van der Waals surface area (Å²) in [4.78, 5) is 28.9. The van der Waals surface area contributed by atoms with Crippen LogP contribution in [0, 0.1) is 0 Å². The van der Waals surface area contributed by atoms with Crippen LogP contribution in [0.4, 0.5) is 10.6 Å². The van der Waals surface area contributed by atoms with Gasteiger partial charge < -0.3 is 14.6 Å². The van der Waals surface area contributed by atoms with Gasteiger partial charge in [0.1, 0.15) is 17.5 Å². The van der Waals surface area contributed by atoms with Crippen molar-refractivity contribution >= 4 is 17.9 Å². The Hall–Kier alpha value is -2.31. The van der Waals surface area contributed by atoms with Gasteiger partial charge in [-0.05, 0) is 32.4 Å². The van der Waals surface area contributed by atoms with Gasteiger partial charge in [-0.2, -0.15) is 4.98 Å². The Labute approximate surface area is 122 Å².